The summed E-state index contributed by atoms with van der Waals surface area (Å²) in [7, 11) is 3.05. The van der Waals surface area contributed by atoms with E-state index in [4.69, 9.17) is 4.74 Å². The van der Waals surface area contributed by atoms with Gasteiger partial charge in [0.05, 0.1) is 13.0 Å². The molecule has 0 radical (unpaired) electrons. The average molecular weight is 442 g/mol. The predicted octanol–water partition coefficient (Wildman–Crippen LogP) is 0.000800. The predicted molar refractivity (Wildman–Crippen MR) is 115 cm³/mol. The third-order valence-electron chi connectivity index (χ3n) is 4.36. The lowest BCUT2D eigenvalue weighted by Gasteiger charge is -2.21. The zero-order valence-electron chi connectivity index (χ0n) is 17.7. The highest BCUT2D eigenvalue weighted by Crippen LogP contribution is 2.20. The Balaban J connectivity index is 2.60. The highest BCUT2D eigenvalue weighted by atomic mass is 32.2. The summed E-state index contributed by atoms with van der Waals surface area (Å²) in [4.78, 5) is 36.3. The molecule has 0 spiro atoms. The monoisotopic (exact) mass is 441 g/mol. The first kappa shape index (κ1) is 25.7. The third-order valence-corrected chi connectivity index (χ3v) is 5.54. The number of benzene rings is 1. The first-order valence-corrected chi connectivity index (χ1v) is 10.7. The topological polar surface area (TPSA) is 137 Å². The maximum Gasteiger partial charge on any atom is 0.242 e. The van der Waals surface area contributed by atoms with Crippen molar-refractivity contribution in [1.29, 1.82) is 0 Å². The van der Waals surface area contributed by atoms with Crippen LogP contribution in [0.2, 0.25) is 0 Å². The normalized spacial score (nSPS) is 13.8. The number of aliphatic hydroxyl groups excluding tert-OH is 1. The van der Waals surface area contributed by atoms with E-state index in [9.17, 15) is 24.6 Å². The second kappa shape index (κ2) is 13.1. The van der Waals surface area contributed by atoms with Crippen molar-refractivity contribution in [2.75, 3.05) is 19.9 Å². The molecule has 3 amide bonds. The molecule has 0 fully saturated rings. The fraction of sp³-hybridized carbons (Fsp3) is 0.550. The third kappa shape index (κ3) is 9.02. The number of thioether (sulfide) groups is 1. The van der Waals surface area contributed by atoms with Gasteiger partial charge in [-0.2, -0.15) is 11.8 Å². The van der Waals surface area contributed by atoms with Gasteiger partial charge in [0.2, 0.25) is 17.7 Å². The number of amides is 3. The van der Waals surface area contributed by atoms with Gasteiger partial charge in [0.1, 0.15) is 17.8 Å². The maximum atomic E-state index is 12.6. The Morgan fingerprint density at radius 3 is 2.10 bits per heavy atom. The largest absolute Gasteiger partial charge is 0.497 e. The quantitative estimate of drug-likeness (QED) is 0.288. The molecule has 1 rings (SSSR count). The molecule has 0 aromatic heterocycles. The first-order chi connectivity index (χ1) is 14.2. The van der Waals surface area contributed by atoms with Gasteiger partial charge in [-0.05, 0) is 31.5 Å². The number of ether oxygens (including phenoxy) is 1. The smallest absolute Gasteiger partial charge is 0.242 e. The van der Waals surface area contributed by atoms with Crippen molar-refractivity contribution < 1.29 is 29.3 Å². The molecular formula is C20H31N3O6S. The average Bonchev–Trinajstić information content (AvgIpc) is 2.72. The van der Waals surface area contributed by atoms with Crippen molar-refractivity contribution in [1.82, 2.24) is 16.0 Å². The lowest BCUT2D eigenvalue weighted by atomic mass is 10.1. The molecular weight excluding hydrogens is 410 g/mol. The van der Waals surface area contributed by atoms with Gasteiger partial charge >= 0.3 is 0 Å². The van der Waals surface area contributed by atoms with Crippen LogP contribution in [0.3, 0.4) is 0 Å². The molecule has 0 aliphatic rings. The Bertz CT molecular complexity index is 698. The van der Waals surface area contributed by atoms with E-state index >= 15 is 0 Å². The number of methoxy groups -OCH3 is 1. The van der Waals surface area contributed by atoms with Crippen LogP contribution in [0.4, 0.5) is 0 Å². The van der Waals surface area contributed by atoms with Gasteiger partial charge in [0, 0.05) is 25.0 Å². The zero-order valence-corrected chi connectivity index (χ0v) is 18.5. The van der Waals surface area contributed by atoms with Crippen molar-refractivity contribution >= 4 is 29.5 Å². The number of hydrogen-bond acceptors (Lipinski definition) is 7. The van der Waals surface area contributed by atoms with Crippen LogP contribution in [-0.4, -0.2) is 66.2 Å². The van der Waals surface area contributed by atoms with E-state index < -0.39 is 36.1 Å². The lowest BCUT2D eigenvalue weighted by Crippen LogP contribution is -2.52. The van der Waals surface area contributed by atoms with Gasteiger partial charge in [0.25, 0.3) is 0 Å². The van der Waals surface area contributed by atoms with E-state index in [1.54, 1.807) is 7.11 Å². The minimum absolute atomic E-state index is 0.148. The molecule has 1 aromatic rings. The van der Waals surface area contributed by atoms with Gasteiger partial charge in [-0.15, -0.1) is 0 Å². The summed E-state index contributed by atoms with van der Waals surface area (Å²) < 4.78 is 5.12. The zero-order chi connectivity index (χ0) is 22.7. The summed E-state index contributed by atoms with van der Waals surface area (Å²) >= 11 is 1.47. The molecule has 9 nitrogen and oxygen atoms in total. The molecule has 0 saturated carbocycles. The molecule has 168 valence electrons. The Morgan fingerprint density at radius 1 is 1.00 bits per heavy atom. The number of rotatable bonds is 12. The molecule has 0 aliphatic carbocycles. The van der Waals surface area contributed by atoms with Gasteiger partial charge in [0.15, 0.2) is 6.29 Å². The highest BCUT2D eigenvalue weighted by molar-refractivity contribution is 7.98. The van der Waals surface area contributed by atoms with Crippen molar-refractivity contribution in [2.45, 2.75) is 44.4 Å². The van der Waals surface area contributed by atoms with Crippen molar-refractivity contribution in [3.63, 3.8) is 0 Å². The van der Waals surface area contributed by atoms with Crippen molar-refractivity contribution in [3.05, 3.63) is 29.8 Å². The molecule has 3 atom stereocenters. The van der Waals surface area contributed by atoms with Crippen LogP contribution in [0.15, 0.2) is 24.3 Å². The molecule has 5 N–H and O–H groups in total. The summed E-state index contributed by atoms with van der Waals surface area (Å²) in [6.45, 7) is 3.03. The van der Waals surface area contributed by atoms with Crippen LogP contribution in [0, 0.1) is 5.92 Å². The number of hydrogen-bond donors (Lipinski definition) is 5. The number of nitrogens with one attached hydrogen (secondary N) is 3. The van der Waals surface area contributed by atoms with E-state index in [1.807, 2.05) is 24.3 Å². The van der Waals surface area contributed by atoms with Crippen LogP contribution < -0.4 is 20.7 Å². The van der Waals surface area contributed by atoms with Crippen molar-refractivity contribution in [3.8, 4) is 5.75 Å². The Morgan fingerprint density at radius 2 is 1.57 bits per heavy atom. The van der Waals surface area contributed by atoms with Crippen LogP contribution in [0.1, 0.15) is 25.8 Å². The maximum absolute atomic E-state index is 12.6. The second-order valence-corrected chi connectivity index (χ2v) is 7.88. The molecule has 1 aromatic carbocycles. The Hall–Kier alpha value is -2.30. The second-order valence-electron chi connectivity index (χ2n) is 6.85. The molecule has 0 unspecified atom stereocenters. The summed E-state index contributed by atoms with van der Waals surface area (Å²) in [6.07, 6.45) is -1.79. The van der Waals surface area contributed by atoms with E-state index in [2.05, 4.69) is 16.0 Å². The molecule has 30 heavy (non-hydrogen) atoms. The fourth-order valence-corrected chi connectivity index (χ4v) is 3.68. The van der Waals surface area contributed by atoms with E-state index in [1.165, 1.54) is 32.7 Å². The SMILES string of the molecule is CNC(=O)[C@H](C)NC(=O)[C@H](C)NC(=O)[C@H](CSCc1ccc(OC)cc1)CC(O)O. The van der Waals surface area contributed by atoms with Gasteiger partial charge in [-0.1, -0.05) is 12.1 Å². The van der Waals surface area contributed by atoms with Crippen LogP contribution >= 0.6 is 11.8 Å². The van der Waals surface area contributed by atoms with Gasteiger partial charge < -0.3 is 30.9 Å². The molecule has 10 heteroatoms. The summed E-state index contributed by atoms with van der Waals surface area (Å²) in [6, 6.07) is 5.91. The van der Waals surface area contributed by atoms with Gasteiger partial charge in [-0.3, -0.25) is 14.4 Å². The molecule has 0 heterocycles. The molecule has 0 saturated heterocycles. The van der Waals surface area contributed by atoms with Crippen molar-refractivity contribution in [2.24, 2.45) is 5.92 Å². The summed E-state index contributed by atoms with van der Waals surface area (Å²) in [5, 5.41) is 26.2. The van der Waals surface area contributed by atoms with Crippen LogP contribution in [0.25, 0.3) is 0 Å². The minimum atomic E-state index is -1.64. The minimum Gasteiger partial charge on any atom is -0.497 e. The lowest BCUT2D eigenvalue weighted by molar-refractivity contribution is -0.134. The van der Waals surface area contributed by atoms with Crippen LogP contribution in [-0.2, 0) is 20.1 Å². The number of likely N-dealkylation sites (N-methyl/N-ethyl adjacent to an activating group) is 1. The summed E-state index contributed by atoms with van der Waals surface area (Å²) in [5.74, 6) is -0.275. The fourth-order valence-electron chi connectivity index (χ4n) is 2.56. The highest BCUT2D eigenvalue weighted by Gasteiger charge is 2.26. The Kier molecular flexibility index (Phi) is 11.2. The van der Waals surface area contributed by atoms with Gasteiger partial charge in [-0.25, -0.2) is 0 Å². The number of aliphatic hydroxyl groups is 2. The summed E-state index contributed by atoms with van der Waals surface area (Å²) in [5.41, 5.74) is 1.04. The number of carbonyl (C=O) groups excluding carboxylic acids is 3. The molecule has 0 aliphatic heterocycles. The van der Waals surface area contributed by atoms with E-state index in [0.29, 0.717) is 11.5 Å². The standard InChI is InChI=1S/C20H31N3O6S/c1-12(18(26)21-3)22-19(27)13(2)23-20(28)15(9-17(24)25)11-30-10-14-5-7-16(29-4)8-6-14/h5-8,12-13,15,17,24-25H,9-11H2,1-4H3,(H,21,26)(H,22,27)(H,23,28)/t12-,13-,15-/m0/s1. The first-order valence-electron chi connectivity index (χ1n) is 9.57. The Labute approximate surface area is 180 Å². The number of carbonyl (C=O) groups is 3. The van der Waals surface area contributed by atoms with Crippen LogP contribution in [0.5, 0.6) is 5.75 Å². The van der Waals surface area contributed by atoms with E-state index in [-0.39, 0.29) is 12.3 Å². The molecule has 0 bridgehead atoms. The van der Waals surface area contributed by atoms with E-state index in [0.717, 1.165) is 11.3 Å².